The number of esters is 1. The summed E-state index contributed by atoms with van der Waals surface area (Å²) < 4.78 is 4.78. The van der Waals surface area contributed by atoms with Gasteiger partial charge in [-0.2, -0.15) is 0 Å². The fourth-order valence-electron chi connectivity index (χ4n) is 2.21. The molecule has 1 amide bonds. The Morgan fingerprint density at radius 3 is 3.11 bits per heavy atom. The molecule has 1 aliphatic rings. The second-order valence-electron chi connectivity index (χ2n) is 4.39. The highest BCUT2D eigenvalue weighted by molar-refractivity contribution is 7.13. The molecule has 1 N–H and O–H groups in total. The molecule has 0 radical (unpaired) electrons. The van der Waals surface area contributed by atoms with E-state index in [4.69, 9.17) is 4.74 Å². The van der Waals surface area contributed by atoms with Crippen LogP contribution in [0.25, 0.3) is 0 Å². The lowest BCUT2D eigenvalue weighted by Crippen LogP contribution is -2.48. The number of hydrogen-bond acceptors (Lipinski definition) is 6. The van der Waals surface area contributed by atoms with Crippen molar-refractivity contribution in [1.29, 1.82) is 0 Å². The summed E-state index contributed by atoms with van der Waals surface area (Å²) in [5.41, 5.74) is 0. The summed E-state index contributed by atoms with van der Waals surface area (Å²) in [4.78, 5) is 29.4. The molecule has 1 aromatic rings. The lowest BCUT2D eigenvalue weighted by atomic mass is 10.0. The van der Waals surface area contributed by atoms with E-state index in [0.717, 1.165) is 25.8 Å². The number of nitrogens with one attached hydrogen (secondary N) is 1. The van der Waals surface area contributed by atoms with E-state index in [1.54, 1.807) is 11.6 Å². The fraction of sp³-hybridized carbons (Fsp3) is 0.583. The minimum atomic E-state index is -0.305. The van der Waals surface area contributed by atoms with Gasteiger partial charge in [-0.1, -0.05) is 6.42 Å². The monoisotopic (exact) mass is 283 g/mol. The number of rotatable bonds is 4. The van der Waals surface area contributed by atoms with Gasteiger partial charge < -0.3 is 10.1 Å². The highest BCUT2D eigenvalue weighted by atomic mass is 32.1. The molecule has 0 saturated carbocycles. The minimum absolute atomic E-state index is 0.147. The summed E-state index contributed by atoms with van der Waals surface area (Å²) in [6.45, 7) is 0.935. The molecule has 2 rings (SSSR count). The zero-order valence-electron chi connectivity index (χ0n) is 10.8. The number of likely N-dealkylation sites (tertiary alicyclic amines) is 1. The van der Waals surface area contributed by atoms with E-state index >= 15 is 0 Å². The average molecular weight is 283 g/mol. The van der Waals surface area contributed by atoms with Crippen LogP contribution in [0, 0.1) is 0 Å². The summed E-state index contributed by atoms with van der Waals surface area (Å²) in [5, 5.41) is 5.10. The Bertz CT molecular complexity index is 435. The van der Waals surface area contributed by atoms with Gasteiger partial charge in [-0.3, -0.25) is 14.5 Å². The summed E-state index contributed by atoms with van der Waals surface area (Å²) >= 11 is 1.37. The van der Waals surface area contributed by atoms with Crippen LogP contribution in [0.15, 0.2) is 11.6 Å². The van der Waals surface area contributed by atoms with E-state index in [1.165, 1.54) is 18.4 Å². The van der Waals surface area contributed by atoms with Crippen molar-refractivity contribution < 1.29 is 14.3 Å². The lowest BCUT2D eigenvalue weighted by molar-refractivity contribution is -0.148. The SMILES string of the molecule is COC(=O)[C@H]1CCCCN1CC(=O)Nc1nccs1. The van der Waals surface area contributed by atoms with Gasteiger partial charge in [-0.05, 0) is 19.4 Å². The Kier molecular flexibility index (Phi) is 4.86. The Balaban J connectivity index is 1.91. The summed E-state index contributed by atoms with van der Waals surface area (Å²) in [6.07, 6.45) is 4.37. The number of ether oxygens (including phenoxy) is 1. The normalized spacial score (nSPS) is 19.9. The molecule has 1 atom stereocenters. The van der Waals surface area contributed by atoms with Gasteiger partial charge in [0.05, 0.1) is 13.7 Å². The van der Waals surface area contributed by atoms with Crippen LogP contribution in [0.4, 0.5) is 5.13 Å². The maximum atomic E-state index is 11.9. The molecule has 2 heterocycles. The highest BCUT2D eigenvalue weighted by Crippen LogP contribution is 2.18. The van der Waals surface area contributed by atoms with Crippen LogP contribution in [0.1, 0.15) is 19.3 Å². The third-order valence-electron chi connectivity index (χ3n) is 3.11. The molecule has 0 aromatic carbocycles. The molecule has 0 spiro atoms. The number of carbonyl (C=O) groups excluding carboxylic acids is 2. The summed E-state index contributed by atoms with van der Waals surface area (Å²) in [7, 11) is 1.38. The smallest absolute Gasteiger partial charge is 0.323 e. The van der Waals surface area contributed by atoms with Crippen LogP contribution in [0.3, 0.4) is 0 Å². The second-order valence-corrected chi connectivity index (χ2v) is 5.29. The Labute approximate surface area is 115 Å². The first-order valence-electron chi connectivity index (χ1n) is 6.22. The van der Waals surface area contributed by atoms with Crippen molar-refractivity contribution >= 4 is 28.3 Å². The van der Waals surface area contributed by atoms with E-state index in [1.807, 2.05) is 4.90 Å². The van der Waals surface area contributed by atoms with Crippen LogP contribution in [0.2, 0.25) is 0 Å². The number of methoxy groups -OCH3 is 1. The number of amides is 1. The van der Waals surface area contributed by atoms with E-state index in [0.29, 0.717) is 5.13 Å². The standard InChI is InChI=1S/C12H17N3O3S/c1-18-11(17)9-4-2-3-6-15(9)8-10(16)14-12-13-5-7-19-12/h5,7,9H,2-4,6,8H2,1H3,(H,13,14,16)/t9-/m1/s1. The zero-order chi connectivity index (χ0) is 13.7. The molecule has 0 unspecified atom stereocenters. The van der Waals surface area contributed by atoms with Crippen molar-refractivity contribution in [3.05, 3.63) is 11.6 Å². The minimum Gasteiger partial charge on any atom is -0.468 e. The van der Waals surface area contributed by atoms with Gasteiger partial charge in [-0.15, -0.1) is 11.3 Å². The Morgan fingerprint density at radius 2 is 2.42 bits per heavy atom. The first-order valence-corrected chi connectivity index (χ1v) is 7.10. The largest absolute Gasteiger partial charge is 0.468 e. The molecule has 6 nitrogen and oxygen atoms in total. The molecular weight excluding hydrogens is 266 g/mol. The van der Waals surface area contributed by atoms with Crippen molar-refractivity contribution in [3.8, 4) is 0 Å². The Hall–Kier alpha value is -1.47. The molecule has 19 heavy (non-hydrogen) atoms. The molecule has 0 bridgehead atoms. The number of nitrogens with zero attached hydrogens (tertiary/aromatic N) is 2. The van der Waals surface area contributed by atoms with Crippen LogP contribution >= 0.6 is 11.3 Å². The van der Waals surface area contributed by atoms with Gasteiger partial charge in [0.15, 0.2) is 5.13 Å². The third-order valence-corrected chi connectivity index (χ3v) is 3.80. The number of carbonyl (C=O) groups is 2. The number of hydrogen-bond donors (Lipinski definition) is 1. The van der Waals surface area contributed by atoms with Gasteiger partial charge in [0.1, 0.15) is 6.04 Å². The molecular formula is C12H17N3O3S. The van der Waals surface area contributed by atoms with Crippen molar-refractivity contribution in [2.24, 2.45) is 0 Å². The second kappa shape index (κ2) is 6.63. The number of anilines is 1. The molecule has 1 aromatic heterocycles. The molecule has 7 heteroatoms. The quantitative estimate of drug-likeness (QED) is 0.838. The van der Waals surface area contributed by atoms with E-state index < -0.39 is 0 Å². The van der Waals surface area contributed by atoms with E-state index in [2.05, 4.69) is 10.3 Å². The third kappa shape index (κ3) is 3.74. The maximum Gasteiger partial charge on any atom is 0.323 e. The summed E-state index contributed by atoms with van der Waals surface area (Å²) in [5.74, 6) is -0.410. The van der Waals surface area contributed by atoms with Gasteiger partial charge in [0.2, 0.25) is 5.91 Å². The lowest BCUT2D eigenvalue weighted by Gasteiger charge is -2.32. The van der Waals surface area contributed by atoms with Gasteiger partial charge in [0, 0.05) is 11.6 Å². The molecule has 0 aliphatic carbocycles. The number of piperidine rings is 1. The topological polar surface area (TPSA) is 71.5 Å². The van der Waals surface area contributed by atoms with Crippen LogP contribution in [-0.2, 0) is 14.3 Å². The number of aromatic nitrogens is 1. The fourth-order valence-corrected chi connectivity index (χ4v) is 2.76. The Morgan fingerprint density at radius 1 is 1.58 bits per heavy atom. The summed E-state index contributed by atoms with van der Waals surface area (Å²) in [6, 6.07) is -0.305. The average Bonchev–Trinajstić information content (AvgIpc) is 2.91. The van der Waals surface area contributed by atoms with Crippen molar-refractivity contribution in [2.75, 3.05) is 25.5 Å². The maximum absolute atomic E-state index is 11.9. The van der Waals surface area contributed by atoms with Gasteiger partial charge in [0.25, 0.3) is 0 Å². The highest BCUT2D eigenvalue weighted by Gasteiger charge is 2.30. The molecule has 1 fully saturated rings. The van der Waals surface area contributed by atoms with E-state index in [9.17, 15) is 9.59 Å². The number of thiazole rings is 1. The van der Waals surface area contributed by atoms with Crippen molar-refractivity contribution in [1.82, 2.24) is 9.88 Å². The molecule has 104 valence electrons. The van der Waals surface area contributed by atoms with Crippen LogP contribution in [-0.4, -0.2) is 48.0 Å². The van der Waals surface area contributed by atoms with Crippen LogP contribution in [0.5, 0.6) is 0 Å². The van der Waals surface area contributed by atoms with Crippen molar-refractivity contribution in [3.63, 3.8) is 0 Å². The predicted molar refractivity (Wildman–Crippen MR) is 72.0 cm³/mol. The zero-order valence-corrected chi connectivity index (χ0v) is 11.6. The first-order chi connectivity index (χ1) is 9.20. The van der Waals surface area contributed by atoms with Crippen LogP contribution < -0.4 is 5.32 Å². The van der Waals surface area contributed by atoms with Gasteiger partial charge in [-0.25, -0.2) is 4.98 Å². The molecule has 1 saturated heterocycles. The van der Waals surface area contributed by atoms with Crippen molar-refractivity contribution in [2.45, 2.75) is 25.3 Å². The van der Waals surface area contributed by atoms with E-state index in [-0.39, 0.29) is 24.5 Å². The molecule has 1 aliphatic heterocycles. The predicted octanol–water partition coefficient (Wildman–Crippen LogP) is 1.11. The first kappa shape index (κ1) is 14.0. The van der Waals surface area contributed by atoms with Gasteiger partial charge >= 0.3 is 5.97 Å².